The highest BCUT2D eigenvalue weighted by Gasteiger charge is 2.16. The van der Waals surface area contributed by atoms with Gasteiger partial charge in [0, 0.05) is 0 Å². The van der Waals surface area contributed by atoms with Crippen LogP contribution in [0, 0.1) is 12.7 Å². The third kappa shape index (κ3) is 2.03. The molecular weight excluding hydrogens is 175 g/mol. The number of hydrogen-bond donors (Lipinski definition) is 2. The number of aliphatic hydroxyl groups excluding tert-OH is 1. The fraction of sp³-hybridized carbons (Fsp3) is 0.222. The van der Waals surface area contributed by atoms with E-state index >= 15 is 0 Å². The fourth-order valence-corrected chi connectivity index (χ4v) is 0.981. The Morgan fingerprint density at radius 3 is 2.62 bits per heavy atom. The van der Waals surface area contributed by atoms with E-state index in [1.807, 2.05) is 0 Å². The number of carboxylic acid groups (broad SMARTS) is 1. The molecule has 1 aromatic rings. The summed E-state index contributed by atoms with van der Waals surface area (Å²) in [6.07, 6.45) is -1.58. The number of aliphatic hydroxyl groups is 1. The lowest BCUT2D eigenvalue weighted by atomic mass is 10.1. The van der Waals surface area contributed by atoms with E-state index in [1.165, 1.54) is 19.1 Å². The summed E-state index contributed by atoms with van der Waals surface area (Å²) in [5.74, 6) is -1.76. The Kier molecular flexibility index (Phi) is 2.63. The van der Waals surface area contributed by atoms with Gasteiger partial charge in [-0.05, 0) is 30.2 Å². The highest BCUT2D eigenvalue weighted by atomic mass is 19.1. The number of aryl methyl sites for hydroxylation is 1. The highest BCUT2D eigenvalue weighted by molar-refractivity contribution is 5.74. The first-order valence-electron chi connectivity index (χ1n) is 3.69. The van der Waals surface area contributed by atoms with Crippen molar-refractivity contribution >= 4 is 5.97 Å². The molecule has 0 aromatic heterocycles. The molecule has 3 nitrogen and oxygen atoms in total. The van der Waals surface area contributed by atoms with Gasteiger partial charge in [-0.2, -0.15) is 0 Å². The zero-order chi connectivity index (χ0) is 10.0. The molecule has 2 N–H and O–H groups in total. The van der Waals surface area contributed by atoms with Crippen molar-refractivity contribution in [3.05, 3.63) is 35.1 Å². The molecule has 0 aliphatic rings. The lowest BCUT2D eigenvalue weighted by Crippen LogP contribution is -2.10. The van der Waals surface area contributed by atoms with Gasteiger partial charge in [-0.1, -0.05) is 6.07 Å². The number of carbonyl (C=O) groups is 1. The molecule has 1 rings (SSSR count). The number of benzene rings is 1. The summed E-state index contributed by atoms with van der Waals surface area (Å²) in [4.78, 5) is 10.4. The quantitative estimate of drug-likeness (QED) is 0.727. The topological polar surface area (TPSA) is 57.5 Å². The molecule has 1 unspecified atom stereocenters. The van der Waals surface area contributed by atoms with Crippen LogP contribution in [0.5, 0.6) is 0 Å². The van der Waals surface area contributed by atoms with Gasteiger partial charge in [0.1, 0.15) is 5.82 Å². The van der Waals surface area contributed by atoms with Crippen molar-refractivity contribution in [2.75, 3.05) is 0 Å². The van der Waals surface area contributed by atoms with E-state index in [4.69, 9.17) is 10.2 Å². The van der Waals surface area contributed by atoms with Gasteiger partial charge in [0.15, 0.2) is 6.10 Å². The van der Waals surface area contributed by atoms with E-state index in [1.54, 1.807) is 0 Å². The smallest absolute Gasteiger partial charge is 0.337 e. The number of rotatable bonds is 2. The van der Waals surface area contributed by atoms with Crippen molar-refractivity contribution in [1.29, 1.82) is 0 Å². The zero-order valence-electron chi connectivity index (χ0n) is 6.99. The molecule has 0 saturated carbocycles. The average Bonchev–Trinajstić information content (AvgIpc) is 2.08. The van der Waals surface area contributed by atoms with E-state index < -0.39 is 17.9 Å². The Balaban J connectivity index is 3.03. The molecule has 0 amide bonds. The van der Waals surface area contributed by atoms with Gasteiger partial charge in [-0.3, -0.25) is 0 Å². The molecule has 0 aliphatic heterocycles. The van der Waals surface area contributed by atoms with Crippen LogP contribution in [0.25, 0.3) is 0 Å². The summed E-state index contributed by atoms with van der Waals surface area (Å²) in [5.41, 5.74) is 0.504. The van der Waals surface area contributed by atoms with Crippen molar-refractivity contribution in [3.8, 4) is 0 Å². The van der Waals surface area contributed by atoms with Gasteiger partial charge < -0.3 is 10.2 Å². The number of carboxylic acids is 1. The molecule has 0 radical (unpaired) electrons. The Bertz CT molecular complexity index is 336. The maximum atomic E-state index is 12.7. The first-order valence-corrected chi connectivity index (χ1v) is 3.69. The minimum Gasteiger partial charge on any atom is -0.479 e. The predicted molar refractivity (Wildman–Crippen MR) is 43.7 cm³/mol. The van der Waals surface area contributed by atoms with Gasteiger partial charge in [0.05, 0.1) is 0 Å². The van der Waals surface area contributed by atoms with Crippen molar-refractivity contribution in [2.45, 2.75) is 13.0 Å². The van der Waals surface area contributed by atoms with Crippen LogP contribution in [0.4, 0.5) is 4.39 Å². The van der Waals surface area contributed by atoms with E-state index in [-0.39, 0.29) is 5.56 Å². The molecule has 0 spiro atoms. The van der Waals surface area contributed by atoms with Crippen LogP contribution in [-0.2, 0) is 4.79 Å². The van der Waals surface area contributed by atoms with Crippen molar-refractivity contribution in [3.63, 3.8) is 0 Å². The summed E-state index contributed by atoms with van der Waals surface area (Å²) in [6, 6.07) is 3.70. The molecule has 70 valence electrons. The molecule has 0 aliphatic carbocycles. The van der Waals surface area contributed by atoms with Gasteiger partial charge >= 0.3 is 5.97 Å². The largest absolute Gasteiger partial charge is 0.479 e. The molecule has 0 fully saturated rings. The van der Waals surface area contributed by atoms with Crippen LogP contribution in [0.15, 0.2) is 18.2 Å². The lowest BCUT2D eigenvalue weighted by molar-refractivity contribution is -0.146. The van der Waals surface area contributed by atoms with E-state index in [9.17, 15) is 9.18 Å². The number of aliphatic carboxylic acids is 1. The molecule has 13 heavy (non-hydrogen) atoms. The third-order valence-electron chi connectivity index (χ3n) is 1.73. The maximum absolute atomic E-state index is 12.7. The number of halogens is 1. The van der Waals surface area contributed by atoms with Gasteiger partial charge in [-0.25, -0.2) is 9.18 Å². The minimum atomic E-state index is -1.58. The summed E-state index contributed by atoms with van der Waals surface area (Å²) in [7, 11) is 0. The average molecular weight is 184 g/mol. The molecule has 0 saturated heterocycles. The first kappa shape index (κ1) is 9.67. The van der Waals surface area contributed by atoms with Crippen molar-refractivity contribution < 1.29 is 19.4 Å². The van der Waals surface area contributed by atoms with E-state index in [2.05, 4.69) is 0 Å². The number of hydrogen-bond acceptors (Lipinski definition) is 2. The fourth-order valence-electron chi connectivity index (χ4n) is 0.981. The minimum absolute atomic E-state index is 0.186. The Hall–Kier alpha value is -1.42. The maximum Gasteiger partial charge on any atom is 0.337 e. The van der Waals surface area contributed by atoms with Crippen molar-refractivity contribution in [2.24, 2.45) is 0 Å². The molecule has 0 bridgehead atoms. The first-order chi connectivity index (χ1) is 6.02. The monoisotopic (exact) mass is 184 g/mol. The normalized spacial score (nSPS) is 12.5. The van der Waals surface area contributed by atoms with Crippen LogP contribution in [0.3, 0.4) is 0 Å². The van der Waals surface area contributed by atoms with Crippen LogP contribution in [-0.4, -0.2) is 16.2 Å². The molecular formula is C9H9FO3. The van der Waals surface area contributed by atoms with Crippen LogP contribution in [0.2, 0.25) is 0 Å². The summed E-state index contributed by atoms with van der Waals surface area (Å²) in [5, 5.41) is 17.5. The second-order valence-corrected chi connectivity index (χ2v) is 2.75. The van der Waals surface area contributed by atoms with Crippen LogP contribution >= 0.6 is 0 Å². The molecule has 4 heteroatoms. The van der Waals surface area contributed by atoms with Crippen molar-refractivity contribution in [1.82, 2.24) is 0 Å². The van der Waals surface area contributed by atoms with Gasteiger partial charge in [0.25, 0.3) is 0 Å². The standard InChI is InChI=1S/C9H9FO3/c1-5-4-6(2-3-7(5)10)8(11)9(12)13/h2-4,8,11H,1H3,(H,12,13). The van der Waals surface area contributed by atoms with Crippen LogP contribution in [0.1, 0.15) is 17.2 Å². The molecule has 0 heterocycles. The van der Waals surface area contributed by atoms with E-state index in [0.717, 1.165) is 6.07 Å². The SMILES string of the molecule is Cc1cc(C(O)C(=O)O)ccc1F. The summed E-state index contributed by atoms with van der Waals surface area (Å²) in [6.45, 7) is 1.51. The van der Waals surface area contributed by atoms with Gasteiger partial charge in [0.2, 0.25) is 0 Å². The Labute approximate surface area is 74.4 Å². The van der Waals surface area contributed by atoms with Gasteiger partial charge in [-0.15, -0.1) is 0 Å². The Morgan fingerprint density at radius 1 is 1.54 bits per heavy atom. The Morgan fingerprint density at radius 2 is 2.15 bits per heavy atom. The second-order valence-electron chi connectivity index (χ2n) is 2.75. The van der Waals surface area contributed by atoms with E-state index in [0.29, 0.717) is 5.56 Å². The molecule has 1 aromatic carbocycles. The summed E-state index contributed by atoms with van der Waals surface area (Å²) >= 11 is 0. The second kappa shape index (κ2) is 3.53. The third-order valence-corrected chi connectivity index (χ3v) is 1.73. The highest BCUT2D eigenvalue weighted by Crippen LogP contribution is 2.16. The lowest BCUT2D eigenvalue weighted by Gasteiger charge is -2.06. The summed E-state index contributed by atoms with van der Waals surface area (Å²) < 4.78 is 12.7. The molecule has 1 atom stereocenters. The predicted octanol–water partition coefficient (Wildman–Crippen LogP) is 1.25. The van der Waals surface area contributed by atoms with Crippen LogP contribution < -0.4 is 0 Å². The zero-order valence-corrected chi connectivity index (χ0v) is 6.99.